The molecule has 5 heteroatoms. The minimum atomic E-state index is 0.695. The first-order valence-corrected chi connectivity index (χ1v) is 7.29. The number of hydrogen-bond donors (Lipinski definition) is 1. The van der Waals surface area contributed by atoms with Gasteiger partial charge in [0.25, 0.3) is 0 Å². The number of methoxy groups -OCH3 is 1. The fraction of sp³-hybridized carbons (Fsp3) is 0.125. The molecule has 4 nitrogen and oxygen atoms in total. The number of nitrogens with one attached hydrogen (secondary N) is 1. The first kappa shape index (κ1) is 13.8. The molecule has 2 aromatic carbocycles. The van der Waals surface area contributed by atoms with Crippen molar-refractivity contribution in [3.05, 3.63) is 47.1 Å². The van der Waals surface area contributed by atoms with Gasteiger partial charge in [-0.2, -0.15) is 0 Å². The van der Waals surface area contributed by atoms with Gasteiger partial charge in [0.05, 0.1) is 11.6 Å². The summed E-state index contributed by atoms with van der Waals surface area (Å²) in [5, 5.41) is 5.30. The van der Waals surface area contributed by atoms with E-state index in [1.54, 1.807) is 13.3 Å². The smallest absolute Gasteiger partial charge is 0.161 e. The van der Waals surface area contributed by atoms with Crippen LogP contribution in [0.4, 0.5) is 5.82 Å². The predicted molar refractivity (Wildman–Crippen MR) is 88.8 cm³/mol. The maximum atomic E-state index is 5.24. The van der Waals surface area contributed by atoms with Crippen LogP contribution in [0.1, 0.15) is 0 Å². The maximum Gasteiger partial charge on any atom is 0.161 e. The molecule has 0 radical (unpaired) electrons. The summed E-state index contributed by atoms with van der Waals surface area (Å²) in [6.07, 6.45) is 1.76. The fourth-order valence-corrected chi connectivity index (χ4v) is 2.56. The number of ether oxygens (including phenoxy) is 1. The molecule has 3 rings (SSSR count). The standard InChI is InChI=1S/C16H14BrN3O/c1-18-16-14(17)9-19-15(20-16)12-4-3-11-8-13(21-2)6-5-10(11)7-12/h3-9H,1-2H3,(H,18,19,20). The number of nitrogens with zero attached hydrogens (tertiary/aromatic N) is 2. The molecule has 0 saturated heterocycles. The molecule has 1 N–H and O–H groups in total. The van der Waals surface area contributed by atoms with Crippen LogP contribution in [0.15, 0.2) is 47.1 Å². The lowest BCUT2D eigenvalue weighted by molar-refractivity contribution is 0.415. The molecule has 0 atom stereocenters. The van der Waals surface area contributed by atoms with Gasteiger partial charge in [-0.1, -0.05) is 18.2 Å². The van der Waals surface area contributed by atoms with E-state index in [2.05, 4.69) is 43.3 Å². The Bertz CT molecular complexity index is 805. The number of anilines is 1. The van der Waals surface area contributed by atoms with Crippen molar-refractivity contribution in [2.75, 3.05) is 19.5 Å². The van der Waals surface area contributed by atoms with Crippen LogP contribution in [0.25, 0.3) is 22.2 Å². The molecule has 0 bridgehead atoms. The summed E-state index contributed by atoms with van der Waals surface area (Å²) in [5.74, 6) is 2.32. The summed E-state index contributed by atoms with van der Waals surface area (Å²) < 4.78 is 6.09. The first-order valence-electron chi connectivity index (χ1n) is 6.50. The highest BCUT2D eigenvalue weighted by Crippen LogP contribution is 2.27. The van der Waals surface area contributed by atoms with Crippen LogP contribution >= 0.6 is 15.9 Å². The molecule has 0 spiro atoms. The average Bonchev–Trinajstić information content (AvgIpc) is 2.54. The van der Waals surface area contributed by atoms with Gasteiger partial charge in [-0.25, -0.2) is 9.97 Å². The molecular formula is C16H14BrN3O. The monoisotopic (exact) mass is 343 g/mol. The van der Waals surface area contributed by atoms with E-state index in [1.807, 2.05) is 31.3 Å². The lowest BCUT2D eigenvalue weighted by atomic mass is 10.1. The second kappa shape index (κ2) is 5.69. The molecule has 1 aromatic heterocycles. The lowest BCUT2D eigenvalue weighted by Gasteiger charge is -2.07. The van der Waals surface area contributed by atoms with Gasteiger partial charge in [0.2, 0.25) is 0 Å². The van der Waals surface area contributed by atoms with Crippen LogP contribution in [0.2, 0.25) is 0 Å². The average molecular weight is 344 g/mol. The van der Waals surface area contributed by atoms with E-state index in [4.69, 9.17) is 4.74 Å². The van der Waals surface area contributed by atoms with E-state index >= 15 is 0 Å². The molecule has 0 aliphatic carbocycles. The number of fused-ring (bicyclic) bond motifs is 1. The van der Waals surface area contributed by atoms with Gasteiger partial charge < -0.3 is 10.1 Å². The van der Waals surface area contributed by atoms with Crippen LogP contribution in [-0.2, 0) is 0 Å². The minimum absolute atomic E-state index is 0.695. The van der Waals surface area contributed by atoms with Gasteiger partial charge in [0.15, 0.2) is 5.82 Å². The SMILES string of the molecule is CNc1nc(-c2ccc3cc(OC)ccc3c2)ncc1Br. The van der Waals surface area contributed by atoms with Crippen molar-refractivity contribution in [1.29, 1.82) is 0 Å². The van der Waals surface area contributed by atoms with Crippen LogP contribution in [0, 0.1) is 0 Å². The summed E-state index contributed by atoms with van der Waals surface area (Å²) in [5.41, 5.74) is 0.983. The summed E-state index contributed by atoms with van der Waals surface area (Å²) in [6.45, 7) is 0. The van der Waals surface area contributed by atoms with Crippen molar-refractivity contribution in [1.82, 2.24) is 9.97 Å². The van der Waals surface area contributed by atoms with Crippen LogP contribution in [0.5, 0.6) is 5.75 Å². The molecule has 3 aromatic rings. The van der Waals surface area contributed by atoms with Crippen molar-refractivity contribution >= 4 is 32.5 Å². The normalized spacial score (nSPS) is 10.6. The largest absolute Gasteiger partial charge is 0.497 e. The Labute approximate surface area is 131 Å². The molecule has 21 heavy (non-hydrogen) atoms. The number of benzene rings is 2. The molecule has 0 saturated carbocycles. The molecule has 0 aliphatic heterocycles. The van der Waals surface area contributed by atoms with E-state index in [9.17, 15) is 0 Å². The molecular weight excluding hydrogens is 330 g/mol. The number of rotatable bonds is 3. The van der Waals surface area contributed by atoms with Crippen molar-refractivity contribution in [2.24, 2.45) is 0 Å². The molecule has 0 aliphatic rings. The molecule has 1 heterocycles. The summed E-state index contributed by atoms with van der Waals surface area (Å²) in [4.78, 5) is 8.88. The fourth-order valence-electron chi connectivity index (χ4n) is 2.17. The van der Waals surface area contributed by atoms with Crippen molar-refractivity contribution < 1.29 is 4.74 Å². The van der Waals surface area contributed by atoms with Crippen LogP contribution in [-0.4, -0.2) is 24.1 Å². The van der Waals surface area contributed by atoms with E-state index in [1.165, 1.54) is 0 Å². The van der Waals surface area contributed by atoms with Gasteiger partial charge in [-0.05, 0) is 44.9 Å². The van der Waals surface area contributed by atoms with Gasteiger partial charge in [0, 0.05) is 18.8 Å². The summed E-state index contributed by atoms with van der Waals surface area (Å²) in [6, 6.07) is 12.2. The highest BCUT2D eigenvalue weighted by atomic mass is 79.9. The second-order valence-electron chi connectivity index (χ2n) is 4.57. The zero-order valence-corrected chi connectivity index (χ0v) is 13.3. The summed E-state index contributed by atoms with van der Waals surface area (Å²) in [7, 11) is 3.51. The Morgan fingerprint density at radius 2 is 1.86 bits per heavy atom. The third kappa shape index (κ3) is 2.69. The second-order valence-corrected chi connectivity index (χ2v) is 5.42. The zero-order chi connectivity index (χ0) is 14.8. The summed E-state index contributed by atoms with van der Waals surface area (Å²) >= 11 is 3.42. The quantitative estimate of drug-likeness (QED) is 0.777. The maximum absolute atomic E-state index is 5.24. The number of halogens is 1. The van der Waals surface area contributed by atoms with Crippen LogP contribution in [0.3, 0.4) is 0 Å². The zero-order valence-electron chi connectivity index (χ0n) is 11.7. The molecule has 0 amide bonds. The first-order chi connectivity index (χ1) is 10.2. The highest BCUT2D eigenvalue weighted by Gasteiger charge is 2.07. The third-order valence-electron chi connectivity index (χ3n) is 3.29. The van der Waals surface area contributed by atoms with Gasteiger partial charge >= 0.3 is 0 Å². The molecule has 106 valence electrons. The Morgan fingerprint density at radius 1 is 1.10 bits per heavy atom. The van der Waals surface area contributed by atoms with Crippen molar-refractivity contribution in [3.8, 4) is 17.1 Å². The Balaban J connectivity index is 2.08. The highest BCUT2D eigenvalue weighted by molar-refractivity contribution is 9.10. The van der Waals surface area contributed by atoms with E-state index in [0.29, 0.717) is 5.82 Å². The number of aromatic nitrogens is 2. The van der Waals surface area contributed by atoms with Crippen LogP contribution < -0.4 is 10.1 Å². The Kier molecular flexibility index (Phi) is 3.75. The van der Waals surface area contributed by atoms with E-state index in [0.717, 1.165) is 32.4 Å². The Hall–Kier alpha value is -2.14. The number of hydrogen-bond acceptors (Lipinski definition) is 4. The van der Waals surface area contributed by atoms with E-state index in [-0.39, 0.29) is 0 Å². The minimum Gasteiger partial charge on any atom is -0.497 e. The van der Waals surface area contributed by atoms with Crippen molar-refractivity contribution in [2.45, 2.75) is 0 Å². The van der Waals surface area contributed by atoms with Gasteiger partial charge in [-0.15, -0.1) is 0 Å². The third-order valence-corrected chi connectivity index (χ3v) is 3.87. The molecule has 0 unspecified atom stereocenters. The topological polar surface area (TPSA) is 47.0 Å². The predicted octanol–water partition coefficient (Wildman–Crippen LogP) is 4.11. The van der Waals surface area contributed by atoms with Crippen molar-refractivity contribution in [3.63, 3.8) is 0 Å². The van der Waals surface area contributed by atoms with E-state index < -0.39 is 0 Å². The lowest BCUT2D eigenvalue weighted by Crippen LogP contribution is -1.97. The van der Waals surface area contributed by atoms with Gasteiger partial charge in [0.1, 0.15) is 11.6 Å². The van der Waals surface area contributed by atoms with Gasteiger partial charge in [-0.3, -0.25) is 0 Å². The molecule has 0 fully saturated rings. The Morgan fingerprint density at radius 3 is 2.62 bits per heavy atom.